The van der Waals surface area contributed by atoms with Crippen molar-refractivity contribution in [2.75, 3.05) is 31.1 Å². The Hall–Kier alpha value is -1.73. The average molecular weight is 358 g/mol. The molecule has 7 nitrogen and oxygen atoms in total. The Labute approximate surface area is 155 Å². The third-order valence-electron chi connectivity index (χ3n) is 5.96. The van der Waals surface area contributed by atoms with E-state index in [0.29, 0.717) is 17.9 Å². The first-order valence-corrected chi connectivity index (χ1v) is 9.93. The second-order valence-electron chi connectivity index (χ2n) is 8.00. The van der Waals surface area contributed by atoms with E-state index in [9.17, 15) is 4.79 Å². The minimum absolute atomic E-state index is 0.00671. The zero-order valence-electron chi connectivity index (χ0n) is 15.9. The van der Waals surface area contributed by atoms with Crippen LogP contribution in [0.2, 0.25) is 0 Å². The van der Waals surface area contributed by atoms with Crippen LogP contribution in [0.1, 0.15) is 54.0 Å². The lowest BCUT2D eigenvalue weighted by Crippen LogP contribution is -2.47. The number of hydrogen-bond donors (Lipinski definition) is 2. The molecular weight excluding hydrogens is 328 g/mol. The van der Waals surface area contributed by atoms with Gasteiger partial charge in [0.1, 0.15) is 5.82 Å². The van der Waals surface area contributed by atoms with Gasteiger partial charge in [0.25, 0.3) is 5.91 Å². The van der Waals surface area contributed by atoms with Crippen molar-refractivity contribution < 1.29 is 4.79 Å². The van der Waals surface area contributed by atoms with Crippen LogP contribution < -0.4 is 16.0 Å². The molecule has 1 atom stereocenters. The first kappa shape index (κ1) is 17.7. The summed E-state index contributed by atoms with van der Waals surface area (Å²) in [5.41, 5.74) is 8.02. The molecular formula is C19H30N6O. The molecule has 0 radical (unpaired) electrons. The molecule has 0 spiro atoms. The number of nitrogens with one attached hydrogen (secondary N) is 1. The molecule has 3 N–H and O–H groups in total. The lowest BCUT2D eigenvalue weighted by molar-refractivity contribution is 0.0610. The number of amides is 1. The van der Waals surface area contributed by atoms with Gasteiger partial charge >= 0.3 is 0 Å². The standard InChI is InChI=1S/C19H30N6O/c1-12-13(2)22-17(23-18(12)24-10-7-14(20)11-24)19(26)25(15-3-4-15)16-5-8-21-9-6-16/h14-16,21H,3-11,20H2,1-2H3/t14-/m1/s1. The first-order valence-electron chi connectivity index (χ1n) is 9.93. The smallest absolute Gasteiger partial charge is 0.292 e. The predicted molar refractivity (Wildman–Crippen MR) is 101 cm³/mol. The minimum Gasteiger partial charge on any atom is -0.355 e. The van der Waals surface area contributed by atoms with Gasteiger partial charge in [0.05, 0.1) is 0 Å². The van der Waals surface area contributed by atoms with E-state index in [1.165, 1.54) is 0 Å². The number of carbonyl (C=O) groups excluding carboxylic acids is 1. The zero-order valence-corrected chi connectivity index (χ0v) is 15.9. The summed E-state index contributed by atoms with van der Waals surface area (Å²) < 4.78 is 0. The van der Waals surface area contributed by atoms with Crippen molar-refractivity contribution in [3.05, 3.63) is 17.1 Å². The molecule has 26 heavy (non-hydrogen) atoms. The number of aromatic nitrogens is 2. The first-order chi connectivity index (χ1) is 12.5. The fourth-order valence-corrected chi connectivity index (χ4v) is 4.18. The van der Waals surface area contributed by atoms with E-state index >= 15 is 0 Å². The topological polar surface area (TPSA) is 87.4 Å². The molecule has 0 bridgehead atoms. The lowest BCUT2D eigenvalue weighted by Gasteiger charge is -2.34. The van der Waals surface area contributed by atoms with E-state index in [2.05, 4.69) is 20.1 Å². The summed E-state index contributed by atoms with van der Waals surface area (Å²) >= 11 is 0. The van der Waals surface area contributed by atoms with Crippen LogP contribution >= 0.6 is 0 Å². The van der Waals surface area contributed by atoms with Crippen LogP contribution in [0, 0.1) is 13.8 Å². The largest absolute Gasteiger partial charge is 0.355 e. The van der Waals surface area contributed by atoms with Gasteiger partial charge in [0, 0.05) is 42.5 Å². The van der Waals surface area contributed by atoms with Gasteiger partial charge in [-0.2, -0.15) is 0 Å². The molecule has 3 heterocycles. The molecule has 2 aliphatic heterocycles. The number of hydrogen-bond acceptors (Lipinski definition) is 6. The van der Waals surface area contributed by atoms with Crippen molar-refractivity contribution in [1.29, 1.82) is 0 Å². The Kier molecular flexibility index (Phi) is 4.84. The molecule has 3 fully saturated rings. The van der Waals surface area contributed by atoms with E-state index in [1.807, 2.05) is 13.8 Å². The van der Waals surface area contributed by atoms with Gasteiger partial charge in [-0.05, 0) is 59.0 Å². The SMILES string of the molecule is Cc1nc(C(=O)N(C2CCNCC2)C2CC2)nc(N2CC[C@@H](N)C2)c1C. The Bertz CT molecular complexity index is 683. The number of carbonyl (C=O) groups is 1. The van der Waals surface area contributed by atoms with Gasteiger partial charge in [-0.3, -0.25) is 4.79 Å². The van der Waals surface area contributed by atoms with Gasteiger partial charge in [0.2, 0.25) is 5.82 Å². The van der Waals surface area contributed by atoms with E-state index < -0.39 is 0 Å². The highest BCUT2D eigenvalue weighted by Gasteiger charge is 2.39. The number of piperidine rings is 1. The van der Waals surface area contributed by atoms with Crippen molar-refractivity contribution >= 4 is 11.7 Å². The van der Waals surface area contributed by atoms with E-state index in [-0.39, 0.29) is 11.9 Å². The van der Waals surface area contributed by atoms with Crippen LogP contribution in [0.4, 0.5) is 5.82 Å². The summed E-state index contributed by atoms with van der Waals surface area (Å²) in [5, 5.41) is 3.39. The van der Waals surface area contributed by atoms with Crippen molar-refractivity contribution in [3.8, 4) is 0 Å². The van der Waals surface area contributed by atoms with Crippen LogP contribution in [0.25, 0.3) is 0 Å². The Balaban J connectivity index is 1.63. The van der Waals surface area contributed by atoms with Gasteiger partial charge in [-0.25, -0.2) is 9.97 Å². The summed E-state index contributed by atoms with van der Waals surface area (Å²) in [4.78, 5) is 27.0. The Morgan fingerprint density at radius 2 is 1.81 bits per heavy atom. The van der Waals surface area contributed by atoms with Gasteiger partial charge in [-0.15, -0.1) is 0 Å². The van der Waals surface area contributed by atoms with Gasteiger partial charge < -0.3 is 20.9 Å². The average Bonchev–Trinajstić information content (AvgIpc) is 3.38. The molecule has 7 heteroatoms. The molecule has 0 aromatic carbocycles. The van der Waals surface area contributed by atoms with E-state index in [0.717, 1.165) is 75.4 Å². The highest BCUT2D eigenvalue weighted by atomic mass is 16.2. The Morgan fingerprint density at radius 3 is 2.42 bits per heavy atom. The summed E-state index contributed by atoms with van der Waals surface area (Å²) in [6.45, 7) is 7.66. The molecule has 2 saturated heterocycles. The van der Waals surface area contributed by atoms with Crippen LogP contribution in [0.5, 0.6) is 0 Å². The highest BCUT2D eigenvalue weighted by molar-refractivity contribution is 5.91. The lowest BCUT2D eigenvalue weighted by atomic mass is 10.0. The molecule has 142 valence electrons. The number of rotatable bonds is 4. The van der Waals surface area contributed by atoms with Gasteiger partial charge in [-0.1, -0.05) is 0 Å². The van der Waals surface area contributed by atoms with E-state index in [4.69, 9.17) is 10.7 Å². The maximum absolute atomic E-state index is 13.4. The normalized spacial score (nSPS) is 24.1. The fourth-order valence-electron chi connectivity index (χ4n) is 4.18. The molecule has 1 amide bonds. The quantitative estimate of drug-likeness (QED) is 0.835. The van der Waals surface area contributed by atoms with Crippen molar-refractivity contribution in [2.45, 2.75) is 64.1 Å². The maximum Gasteiger partial charge on any atom is 0.292 e. The number of anilines is 1. The number of nitrogens with zero attached hydrogens (tertiary/aromatic N) is 4. The Morgan fingerprint density at radius 1 is 1.12 bits per heavy atom. The monoisotopic (exact) mass is 358 g/mol. The van der Waals surface area contributed by atoms with E-state index in [1.54, 1.807) is 0 Å². The summed E-state index contributed by atoms with van der Waals surface area (Å²) in [7, 11) is 0. The third kappa shape index (κ3) is 3.42. The molecule has 4 rings (SSSR count). The summed E-state index contributed by atoms with van der Waals surface area (Å²) in [6, 6.07) is 0.867. The molecule has 1 saturated carbocycles. The fraction of sp³-hybridized carbons (Fsp3) is 0.737. The molecule has 1 aromatic rings. The van der Waals surface area contributed by atoms with Crippen molar-refractivity contribution in [3.63, 3.8) is 0 Å². The van der Waals surface area contributed by atoms with Crippen LogP contribution in [0.15, 0.2) is 0 Å². The van der Waals surface area contributed by atoms with Crippen molar-refractivity contribution in [2.24, 2.45) is 5.73 Å². The summed E-state index contributed by atoms with van der Waals surface area (Å²) in [5.74, 6) is 1.25. The van der Waals surface area contributed by atoms with Crippen LogP contribution in [0.3, 0.4) is 0 Å². The van der Waals surface area contributed by atoms with Crippen molar-refractivity contribution in [1.82, 2.24) is 20.2 Å². The summed E-state index contributed by atoms with van der Waals surface area (Å²) in [6.07, 6.45) is 5.21. The number of nitrogens with two attached hydrogens (primary N) is 1. The molecule has 3 aliphatic rings. The second kappa shape index (κ2) is 7.12. The minimum atomic E-state index is 0.00671. The zero-order chi connectivity index (χ0) is 18.3. The predicted octanol–water partition coefficient (Wildman–Crippen LogP) is 0.987. The molecule has 1 aromatic heterocycles. The molecule has 0 unspecified atom stereocenters. The van der Waals surface area contributed by atoms with Crippen LogP contribution in [-0.2, 0) is 0 Å². The molecule has 1 aliphatic carbocycles. The maximum atomic E-state index is 13.4. The highest BCUT2D eigenvalue weighted by Crippen LogP contribution is 2.33. The van der Waals surface area contributed by atoms with Crippen LogP contribution in [-0.4, -0.2) is 65.1 Å². The second-order valence-corrected chi connectivity index (χ2v) is 8.00. The third-order valence-corrected chi connectivity index (χ3v) is 5.96. The number of aryl methyl sites for hydroxylation is 1. The van der Waals surface area contributed by atoms with Gasteiger partial charge in [0.15, 0.2) is 0 Å².